The topological polar surface area (TPSA) is 12.9 Å². The summed E-state index contributed by atoms with van der Waals surface area (Å²) < 4.78 is 0. The lowest BCUT2D eigenvalue weighted by atomic mass is 9.85. The molecule has 1 unspecified atom stereocenters. The number of nitrogens with zero attached hydrogens (tertiary/aromatic N) is 1. The van der Waals surface area contributed by atoms with Gasteiger partial charge in [-0.15, -0.1) is 0 Å². The average Bonchev–Trinajstić information content (AvgIpc) is 3.08. The molecule has 1 nitrogen and oxygen atoms in total. The van der Waals surface area contributed by atoms with Crippen LogP contribution in [-0.4, -0.2) is 4.98 Å². The number of rotatable bonds is 4. The van der Waals surface area contributed by atoms with Gasteiger partial charge in [0.1, 0.15) is 0 Å². The minimum Gasteiger partial charge on any atom is -0.248 e. The smallest absolute Gasteiger partial charge is 0.0709 e. The van der Waals surface area contributed by atoms with Gasteiger partial charge in [-0.05, 0) is 112 Å². The molecular formula is C43H39N. The van der Waals surface area contributed by atoms with Crippen LogP contribution in [0, 0.1) is 12.8 Å². The third kappa shape index (κ3) is 5.51. The second-order valence-corrected chi connectivity index (χ2v) is 12.1. The third-order valence-corrected chi connectivity index (χ3v) is 9.28. The SMILES string of the molecule is Cc1cccc2c1=CCCC=2/C1=c2\cccc\c2=C(/c2cccc(-c3cccc(C4=CC=CCC4)n3)c2)C(C)/C=C\C=C/C1. The lowest BCUT2D eigenvalue weighted by Crippen LogP contribution is -2.36. The van der Waals surface area contributed by atoms with Crippen molar-refractivity contribution in [3.8, 4) is 11.3 Å². The number of benzene rings is 3. The maximum Gasteiger partial charge on any atom is 0.0709 e. The van der Waals surface area contributed by atoms with E-state index in [2.05, 4.69) is 147 Å². The monoisotopic (exact) mass is 569 g/mol. The molecule has 3 aliphatic rings. The molecule has 1 atom stereocenters. The van der Waals surface area contributed by atoms with Gasteiger partial charge >= 0.3 is 0 Å². The zero-order valence-corrected chi connectivity index (χ0v) is 25.8. The minimum absolute atomic E-state index is 0.230. The molecular weight excluding hydrogens is 530 g/mol. The van der Waals surface area contributed by atoms with Gasteiger partial charge in [-0.2, -0.15) is 0 Å². The Morgan fingerprint density at radius 1 is 0.659 bits per heavy atom. The first-order chi connectivity index (χ1) is 21.7. The van der Waals surface area contributed by atoms with E-state index in [0.29, 0.717) is 0 Å². The molecule has 0 amide bonds. The van der Waals surface area contributed by atoms with Gasteiger partial charge in [-0.1, -0.05) is 122 Å². The highest BCUT2D eigenvalue weighted by atomic mass is 14.7. The molecule has 0 fully saturated rings. The molecule has 1 heteroatoms. The van der Waals surface area contributed by atoms with Crippen LogP contribution in [0.1, 0.15) is 55.8 Å². The lowest BCUT2D eigenvalue weighted by molar-refractivity contribution is 0.953. The van der Waals surface area contributed by atoms with Gasteiger partial charge < -0.3 is 0 Å². The van der Waals surface area contributed by atoms with Crippen LogP contribution in [0.4, 0.5) is 0 Å². The van der Waals surface area contributed by atoms with Crippen LogP contribution < -0.4 is 20.9 Å². The van der Waals surface area contributed by atoms with Crippen molar-refractivity contribution in [2.24, 2.45) is 5.92 Å². The molecule has 0 spiro atoms. The molecule has 4 aromatic rings. The molecule has 1 aromatic heterocycles. The summed E-state index contributed by atoms with van der Waals surface area (Å²) in [7, 11) is 0. The van der Waals surface area contributed by atoms with Crippen molar-refractivity contribution in [3.05, 3.63) is 165 Å². The Morgan fingerprint density at radius 3 is 2.34 bits per heavy atom. The number of pyridine rings is 1. The van der Waals surface area contributed by atoms with Gasteiger partial charge in [-0.25, -0.2) is 4.98 Å². The van der Waals surface area contributed by atoms with Gasteiger partial charge in [0.05, 0.1) is 11.4 Å². The maximum absolute atomic E-state index is 5.13. The van der Waals surface area contributed by atoms with E-state index in [4.69, 9.17) is 4.98 Å². The van der Waals surface area contributed by atoms with E-state index < -0.39 is 0 Å². The van der Waals surface area contributed by atoms with E-state index in [9.17, 15) is 0 Å². The van der Waals surface area contributed by atoms with E-state index in [0.717, 1.165) is 49.1 Å². The quantitative estimate of drug-likeness (QED) is 0.245. The second-order valence-electron chi connectivity index (χ2n) is 12.1. The molecule has 3 aliphatic carbocycles. The molecule has 0 N–H and O–H groups in total. The molecule has 0 radical (unpaired) electrons. The first-order valence-electron chi connectivity index (χ1n) is 16.1. The summed E-state index contributed by atoms with van der Waals surface area (Å²) >= 11 is 0. The van der Waals surface area contributed by atoms with Crippen molar-refractivity contribution in [3.63, 3.8) is 0 Å². The number of fused-ring (bicyclic) bond motifs is 2. The number of aromatic nitrogens is 1. The third-order valence-electron chi connectivity index (χ3n) is 9.28. The molecule has 3 aromatic carbocycles. The van der Waals surface area contributed by atoms with Crippen molar-refractivity contribution >= 4 is 28.4 Å². The first-order valence-corrected chi connectivity index (χ1v) is 16.1. The molecule has 216 valence electrons. The average molecular weight is 570 g/mol. The van der Waals surface area contributed by atoms with Crippen molar-refractivity contribution in [2.45, 2.75) is 46.0 Å². The van der Waals surface area contributed by atoms with Crippen LogP contribution in [-0.2, 0) is 0 Å². The van der Waals surface area contributed by atoms with Crippen molar-refractivity contribution in [1.82, 2.24) is 4.98 Å². The number of aryl methyl sites for hydroxylation is 1. The fraction of sp³-hybridized carbons (Fsp3) is 0.186. The Hall–Kier alpha value is -4.75. The summed E-state index contributed by atoms with van der Waals surface area (Å²) in [6.07, 6.45) is 23.3. The minimum atomic E-state index is 0.230. The highest BCUT2D eigenvalue weighted by molar-refractivity contribution is 5.90. The van der Waals surface area contributed by atoms with Gasteiger partial charge in [0.25, 0.3) is 0 Å². The maximum atomic E-state index is 5.13. The fourth-order valence-electron chi connectivity index (χ4n) is 7.09. The normalized spacial score (nSPS) is 21.8. The predicted octanol–water partition coefficient (Wildman–Crippen LogP) is 7.72. The summed E-state index contributed by atoms with van der Waals surface area (Å²) in [5.41, 5.74) is 11.5. The standard InChI is InChI=1S/C43H39N/c1-30-16-11-25-36-35(30)24-13-26-38(36)37-21-8-3-5-15-31(2)43(40-23-10-9-22-39(37)40)34-20-12-19-33(29-34)42-28-14-27-41(44-42)32-17-6-4-7-18-32/h3-6,8-12,14-17,19-20,22-25,27-29,31H,7,13,18,21,26H2,1-2H3/b8-3-,15-5-,39-37+,43-40+. The molecule has 0 saturated heterocycles. The summed E-state index contributed by atoms with van der Waals surface area (Å²) in [5.74, 6) is 0.230. The summed E-state index contributed by atoms with van der Waals surface area (Å²) in [6, 6.07) is 31.3. The number of hydrogen-bond acceptors (Lipinski definition) is 1. The molecule has 0 bridgehead atoms. The van der Waals surface area contributed by atoms with Crippen LogP contribution in [0.15, 0.2) is 127 Å². The molecule has 0 aliphatic heterocycles. The van der Waals surface area contributed by atoms with E-state index in [1.165, 1.54) is 54.3 Å². The van der Waals surface area contributed by atoms with E-state index in [-0.39, 0.29) is 5.92 Å². The van der Waals surface area contributed by atoms with Gasteiger partial charge in [0.15, 0.2) is 0 Å². The van der Waals surface area contributed by atoms with Gasteiger partial charge in [0.2, 0.25) is 0 Å². The Morgan fingerprint density at radius 2 is 1.45 bits per heavy atom. The van der Waals surface area contributed by atoms with Gasteiger partial charge in [-0.3, -0.25) is 0 Å². The predicted molar refractivity (Wildman–Crippen MR) is 187 cm³/mol. The Kier molecular flexibility index (Phi) is 7.95. The number of allylic oxidation sites excluding steroid dienone is 8. The molecule has 1 heterocycles. The first kappa shape index (κ1) is 28.0. The van der Waals surface area contributed by atoms with Crippen LogP contribution in [0.3, 0.4) is 0 Å². The van der Waals surface area contributed by atoms with E-state index >= 15 is 0 Å². The lowest BCUT2D eigenvalue weighted by Gasteiger charge is -2.19. The highest BCUT2D eigenvalue weighted by Gasteiger charge is 2.16. The summed E-state index contributed by atoms with van der Waals surface area (Å²) in [4.78, 5) is 5.13. The van der Waals surface area contributed by atoms with Crippen LogP contribution in [0.25, 0.3) is 39.6 Å². The molecule has 7 rings (SSSR count). The Balaban J connectivity index is 1.48. The van der Waals surface area contributed by atoms with Gasteiger partial charge in [0, 0.05) is 11.5 Å². The summed E-state index contributed by atoms with van der Waals surface area (Å²) in [6.45, 7) is 4.57. The van der Waals surface area contributed by atoms with Crippen LogP contribution >= 0.6 is 0 Å². The van der Waals surface area contributed by atoms with Crippen molar-refractivity contribution in [2.75, 3.05) is 0 Å². The largest absolute Gasteiger partial charge is 0.248 e. The second kappa shape index (κ2) is 12.5. The zero-order valence-electron chi connectivity index (χ0n) is 25.8. The van der Waals surface area contributed by atoms with Crippen molar-refractivity contribution in [1.29, 1.82) is 0 Å². The molecule has 0 saturated carbocycles. The van der Waals surface area contributed by atoms with E-state index in [1.807, 2.05) is 0 Å². The summed E-state index contributed by atoms with van der Waals surface area (Å²) in [5, 5.41) is 5.47. The zero-order chi connectivity index (χ0) is 29.9. The van der Waals surface area contributed by atoms with Crippen molar-refractivity contribution < 1.29 is 0 Å². The van der Waals surface area contributed by atoms with Crippen LogP contribution in [0.2, 0.25) is 0 Å². The fourth-order valence-corrected chi connectivity index (χ4v) is 7.09. The van der Waals surface area contributed by atoms with E-state index in [1.54, 1.807) is 0 Å². The Labute approximate surface area is 261 Å². The number of hydrogen-bond donors (Lipinski definition) is 0. The highest BCUT2D eigenvalue weighted by Crippen LogP contribution is 2.29. The Bertz CT molecular complexity index is 2120. The van der Waals surface area contributed by atoms with Crippen LogP contribution in [0.5, 0.6) is 0 Å². The molecule has 44 heavy (non-hydrogen) atoms.